The highest BCUT2D eigenvalue weighted by Crippen LogP contribution is 2.22. The predicted molar refractivity (Wildman–Crippen MR) is 81.3 cm³/mol. The molecule has 0 aliphatic heterocycles. The van der Waals surface area contributed by atoms with Crippen molar-refractivity contribution in [2.45, 2.75) is 57.5 Å². The predicted octanol–water partition coefficient (Wildman–Crippen LogP) is 1.66. The molecule has 114 valence electrons. The summed E-state index contributed by atoms with van der Waals surface area (Å²) in [6.07, 6.45) is 8.24. The molecule has 1 rings (SSSR count). The van der Waals surface area contributed by atoms with Crippen molar-refractivity contribution in [3.63, 3.8) is 0 Å². The lowest BCUT2D eigenvalue weighted by Gasteiger charge is -2.35. The Bertz CT molecular complexity index is 335. The Balaban J connectivity index is 2.19. The monoisotopic (exact) mass is 290 g/mol. The maximum absolute atomic E-state index is 11.1. The summed E-state index contributed by atoms with van der Waals surface area (Å²) in [4.78, 5) is 2.35. The molecule has 0 aromatic rings. The van der Waals surface area contributed by atoms with E-state index in [1.165, 1.54) is 38.4 Å². The third kappa shape index (κ3) is 7.28. The fourth-order valence-corrected chi connectivity index (χ4v) is 3.48. The molecule has 0 amide bonds. The van der Waals surface area contributed by atoms with Crippen molar-refractivity contribution in [1.29, 1.82) is 0 Å². The van der Waals surface area contributed by atoms with Gasteiger partial charge in [0.1, 0.15) is 9.84 Å². The van der Waals surface area contributed by atoms with Gasteiger partial charge in [0.2, 0.25) is 0 Å². The molecule has 1 fully saturated rings. The standard InChI is InChI=1S/C14H30N2O2S/c1-4-10-15-13-6-8-14(9-7-13)16(2)11-5-12-19(3,17)18/h13-15H,4-12H2,1-3H3. The minimum Gasteiger partial charge on any atom is -0.314 e. The van der Waals surface area contributed by atoms with Crippen molar-refractivity contribution in [3.8, 4) is 0 Å². The molecule has 0 aromatic heterocycles. The first kappa shape index (κ1) is 16.9. The van der Waals surface area contributed by atoms with E-state index in [2.05, 4.69) is 24.2 Å². The van der Waals surface area contributed by atoms with Crippen molar-refractivity contribution >= 4 is 9.84 Å². The summed E-state index contributed by atoms with van der Waals surface area (Å²) in [6.45, 7) is 4.22. The molecule has 1 aliphatic carbocycles. The Labute approximate surface area is 118 Å². The number of nitrogens with one attached hydrogen (secondary N) is 1. The molecule has 1 saturated carbocycles. The van der Waals surface area contributed by atoms with Gasteiger partial charge in [0.15, 0.2) is 0 Å². The van der Waals surface area contributed by atoms with Gasteiger partial charge in [-0.05, 0) is 58.7 Å². The molecule has 1 N–H and O–H groups in total. The van der Waals surface area contributed by atoms with E-state index in [1.807, 2.05) is 0 Å². The van der Waals surface area contributed by atoms with Crippen LogP contribution in [0.5, 0.6) is 0 Å². The van der Waals surface area contributed by atoms with Crippen LogP contribution in [0.3, 0.4) is 0 Å². The maximum Gasteiger partial charge on any atom is 0.147 e. The molecule has 0 saturated heterocycles. The van der Waals surface area contributed by atoms with Crippen LogP contribution in [0.1, 0.15) is 45.4 Å². The SMILES string of the molecule is CCCNC1CCC(N(C)CCCS(C)(=O)=O)CC1. The van der Waals surface area contributed by atoms with E-state index in [9.17, 15) is 8.42 Å². The Morgan fingerprint density at radius 2 is 1.84 bits per heavy atom. The van der Waals surface area contributed by atoms with E-state index in [-0.39, 0.29) is 0 Å². The van der Waals surface area contributed by atoms with Crippen molar-refractivity contribution in [2.75, 3.05) is 32.1 Å². The van der Waals surface area contributed by atoms with Gasteiger partial charge in [-0.15, -0.1) is 0 Å². The number of rotatable bonds is 8. The lowest BCUT2D eigenvalue weighted by molar-refractivity contribution is 0.175. The van der Waals surface area contributed by atoms with E-state index in [4.69, 9.17) is 0 Å². The van der Waals surface area contributed by atoms with E-state index >= 15 is 0 Å². The molecule has 19 heavy (non-hydrogen) atoms. The first-order chi connectivity index (χ1) is 8.92. The van der Waals surface area contributed by atoms with Gasteiger partial charge < -0.3 is 10.2 Å². The highest BCUT2D eigenvalue weighted by Gasteiger charge is 2.23. The van der Waals surface area contributed by atoms with Crippen LogP contribution in [-0.2, 0) is 9.84 Å². The van der Waals surface area contributed by atoms with Crippen LogP contribution < -0.4 is 5.32 Å². The summed E-state index contributed by atoms with van der Waals surface area (Å²) in [5.41, 5.74) is 0. The second-order valence-corrected chi connectivity index (χ2v) is 8.18. The summed E-state index contributed by atoms with van der Waals surface area (Å²) >= 11 is 0. The second kappa shape index (κ2) is 8.22. The molecule has 5 heteroatoms. The molecular formula is C14H30N2O2S. The fourth-order valence-electron chi connectivity index (χ4n) is 2.83. The van der Waals surface area contributed by atoms with E-state index in [1.54, 1.807) is 0 Å². The number of hydrogen-bond donors (Lipinski definition) is 1. The largest absolute Gasteiger partial charge is 0.314 e. The highest BCUT2D eigenvalue weighted by atomic mass is 32.2. The van der Waals surface area contributed by atoms with Crippen LogP contribution in [-0.4, -0.2) is 57.5 Å². The minimum absolute atomic E-state index is 0.310. The third-order valence-corrected chi connectivity index (χ3v) is 5.06. The van der Waals surface area contributed by atoms with Crippen molar-refractivity contribution in [2.24, 2.45) is 0 Å². The molecular weight excluding hydrogens is 260 g/mol. The molecule has 1 aliphatic rings. The zero-order valence-electron chi connectivity index (χ0n) is 12.7. The van der Waals surface area contributed by atoms with Crippen LogP contribution >= 0.6 is 0 Å². The van der Waals surface area contributed by atoms with Crippen LogP contribution in [0.25, 0.3) is 0 Å². The average Bonchev–Trinajstić information content (AvgIpc) is 2.35. The molecule has 0 bridgehead atoms. The average molecular weight is 290 g/mol. The van der Waals surface area contributed by atoms with Gasteiger partial charge in [0, 0.05) is 18.3 Å². The van der Waals surface area contributed by atoms with E-state index in [0.717, 1.165) is 19.5 Å². The van der Waals surface area contributed by atoms with Gasteiger partial charge in [0.25, 0.3) is 0 Å². The number of hydrogen-bond acceptors (Lipinski definition) is 4. The Kier molecular flexibility index (Phi) is 7.32. The molecule has 0 spiro atoms. The Morgan fingerprint density at radius 1 is 1.21 bits per heavy atom. The molecule has 0 atom stereocenters. The zero-order valence-corrected chi connectivity index (χ0v) is 13.5. The molecule has 0 heterocycles. The lowest BCUT2D eigenvalue weighted by atomic mass is 9.90. The molecule has 4 nitrogen and oxygen atoms in total. The topological polar surface area (TPSA) is 49.4 Å². The van der Waals surface area contributed by atoms with Crippen molar-refractivity contribution in [3.05, 3.63) is 0 Å². The summed E-state index contributed by atoms with van der Waals surface area (Å²) in [5, 5.41) is 3.60. The third-order valence-electron chi connectivity index (χ3n) is 4.03. The fraction of sp³-hybridized carbons (Fsp3) is 1.00. The Hall–Kier alpha value is -0.130. The summed E-state index contributed by atoms with van der Waals surface area (Å²) in [5.74, 6) is 0.310. The number of nitrogens with zero attached hydrogens (tertiary/aromatic N) is 1. The van der Waals surface area contributed by atoms with Gasteiger partial charge in [-0.25, -0.2) is 8.42 Å². The summed E-state index contributed by atoms with van der Waals surface area (Å²) in [6, 6.07) is 1.33. The smallest absolute Gasteiger partial charge is 0.147 e. The normalized spacial score (nSPS) is 24.8. The Morgan fingerprint density at radius 3 is 2.37 bits per heavy atom. The van der Waals surface area contributed by atoms with Crippen molar-refractivity contribution in [1.82, 2.24) is 10.2 Å². The highest BCUT2D eigenvalue weighted by molar-refractivity contribution is 7.90. The summed E-state index contributed by atoms with van der Waals surface area (Å²) in [7, 11) is -0.675. The lowest BCUT2D eigenvalue weighted by Crippen LogP contribution is -2.41. The van der Waals surface area contributed by atoms with E-state index < -0.39 is 9.84 Å². The van der Waals surface area contributed by atoms with Gasteiger partial charge in [-0.2, -0.15) is 0 Å². The summed E-state index contributed by atoms with van der Waals surface area (Å²) < 4.78 is 22.2. The minimum atomic E-state index is -2.81. The van der Waals surface area contributed by atoms with Crippen molar-refractivity contribution < 1.29 is 8.42 Å². The van der Waals surface area contributed by atoms with Crippen LogP contribution in [0.2, 0.25) is 0 Å². The van der Waals surface area contributed by atoms with Gasteiger partial charge in [0.05, 0.1) is 5.75 Å². The number of sulfone groups is 1. The second-order valence-electron chi connectivity index (χ2n) is 5.92. The van der Waals surface area contributed by atoms with E-state index in [0.29, 0.717) is 17.8 Å². The van der Waals surface area contributed by atoms with Crippen LogP contribution in [0.4, 0.5) is 0 Å². The first-order valence-electron chi connectivity index (χ1n) is 7.53. The zero-order chi connectivity index (χ0) is 14.3. The molecule has 0 unspecified atom stereocenters. The van der Waals surface area contributed by atoms with Gasteiger partial charge in [-0.1, -0.05) is 6.92 Å². The van der Waals surface area contributed by atoms with Gasteiger partial charge >= 0.3 is 0 Å². The van der Waals surface area contributed by atoms with Crippen LogP contribution in [0.15, 0.2) is 0 Å². The van der Waals surface area contributed by atoms with Gasteiger partial charge in [-0.3, -0.25) is 0 Å². The quantitative estimate of drug-likeness (QED) is 0.739. The maximum atomic E-state index is 11.1. The molecule has 0 aromatic carbocycles. The first-order valence-corrected chi connectivity index (χ1v) is 9.59. The van der Waals surface area contributed by atoms with Crippen LogP contribution in [0, 0.1) is 0 Å². The molecule has 0 radical (unpaired) electrons.